The molecule has 0 aliphatic heterocycles. The van der Waals surface area contributed by atoms with Gasteiger partial charge in [0.1, 0.15) is 12.2 Å². The standard InChI is InChI=1S/C16H13N3O2/c1-11(20)10-19-16(21)14-7-3-2-6-13(14)15(18-19)12-5-4-8-17-9-12/h2-9H,10H2,1H3. The number of nitrogens with zero attached hydrogens (tertiary/aromatic N) is 3. The van der Waals surface area contributed by atoms with Gasteiger partial charge in [-0.25, -0.2) is 4.68 Å². The molecule has 0 unspecified atom stereocenters. The Bertz CT molecular complexity index is 870. The van der Waals surface area contributed by atoms with E-state index in [9.17, 15) is 9.59 Å². The molecule has 0 saturated carbocycles. The van der Waals surface area contributed by atoms with Crippen LogP contribution >= 0.6 is 0 Å². The molecule has 0 saturated heterocycles. The van der Waals surface area contributed by atoms with Crippen LogP contribution in [0.2, 0.25) is 0 Å². The number of hydrogen-bond acceptors (Lipinski definition) is 4. The molecule has 0 bridgehead atoms. The largest absolute Gasteiger partial charge is 0.298 e. The fourth-order valence-corrected chi connectivity index (χ4v) is 2.27. The predicted octanol–water partition coefficient (Wildman–Crippen LogP) is 2.05. The van der Waals surface area contributed by atoms with Crippen LogP contribution in [0.5, 0.6) is 0 Å². The van der Waals surface area contributed by atoms with Crippen molar-refractivity contribution in [1.29, 1.82) is 0 Å². The van der Waals surface area contributed by atoms with E-state index in [1.807, 2.05) is 24.3 Å². The highest BCUT2D eigenvalue weighted by Crippen LogP contribution is 2.23. The molecule has 104 valence electrons. The smallest absolute Gasteiger partial charge is 0.275 e. The molecule has 0 fully saturated rings. The van der Waals surface area contributed by atoms with E-state index in [2.05, 4.69) is 10.1 Å². The van der Waals surface area contributed by atoms with Crippen LogP contribution in [0.25, 0.3) is 22.0 Å². The van der Waals surface area contributed by atoms with E-state index in [0.717, 1.165) is 10.9 Å². The highest BCUT2D eigenvalue weighted by molar-refractivity contribution is 5.93. The Kier molecular flexibility index (Phi) is 3.31. The van der Waals surface area contributed by atoms with Gasteiger partial charge in [0, 0.05) is 23.3 Å². The van der Waals surface area contributed by atoms with Crippen LogP contribution in [0.1, 0.15) is 6.92 Å². The van der Waals surface area contributed by atoms with Crippen molar-refractivity contribution in [3.63, 3.8) is 0 Å². The third-order valence-corrected chi connectivity index (χ3v) is 3.18. The maximum Gasteiger partial charge on any atom is 0.275 e. The molecule has 2 aromatic heterocycles. The van der Waals surface area contributed by atoms with Crippen LogP contribution in [-0.4, -0.2) is 20.5 Å². The number of rotatable bonds is 3. The van der Waals surface area contributed by atoms with Crippen molar-refractivity contribution in [2.45, 2.75) is 13.5 Å². The second kappa shape index (κ2) is 5.28. The number of fused-ring (bicyclic) bond motifs is 1. The van der Waals surface area contributed by atoms with Gasteiger partial charge < -0.3 is 0 Å². The van der Waals surface area contributed by atoms with E-state index in [-0.39, 0.29) is 17.9 Å². The van der Waals surface area contributed by atoms with Crippen LogP contribution in [0, 0.1) is 0 Å². The molecule has 5 nitrogen and oxygen atoms in total. The summed E-state index contributed by atoms with van der Waals surface area (Å²) in [5.41, 5.74) is 1.21. The summed E-state index contributed by atoms with van der Waals surface area (Å²) in [6.07, 6.45) is 3.37. The molecule has 3 rings (SSSR count). The molecular formula is C16H13N3O2. The van der Waals surface area contributed by atoms with Crippen LogP contribution in [0.4, 0.5) is 0 Å². The Labute approximate surface area is 120 Å². The normalized spacial score (nSPS) is 10.7. The minimum atomic E-state index is -0.256. The van der Waals surface area contributed by atoms with Gasteiger partial charge in [-0.2, -0.15) is 5.10 Å². The lowest BCUT2D eigenvalue weighted by atomic mass is 10.1. The van der Waals surface area contributed by atoms with Crippen molar-refractivity contribution in [1.82, 2.24) is 14.8 Å². The maximum absolute atomic E-state index is 12.4. The molecule has 0 amide bonds. The van der Waals surface area contributed by atoms with E-state index in [4.69, 9.17) is 0 Å². The Morgan fingerprint density at radius 3 is 2.57 bits per heavy atom. The number of benzene rings is 1. The van der Waals surface area contributed by atoms with Crippen molar-refractivity contribution in [3.8, 4) is 11.3 Å². The van der Waals surface area contributed by atoms with E-state index in [1.165, 1.54) is 11.6 Å². The molecule has 21 heavy (non-hydrogen) atoms. The van der Waals surface area contributed by atoms with Gasteiger partial charge in [-0.1, -0.05) is 18.2 Å². The summed E-state index contributed by atoms with van der Waals surface area (Å²) in [6, 6.07) is 10.9. The number of pyridine rings is 1. The molecule has 0 radical (unpaired) electrons. The second-order valence-electron chi connectivity index (χ2n) is 4.80. The number of aromatic nitrogens is 3. The van der Waals surface area contributed by atoms with Crippen molar-refractivity contribution in [2.75, 3.05) is 0 Å². The van der Waals surface area contributed by atoms with Gasteiger partial charge in [-0.3, -0.25) is 14.6 Å². The summed E-state index contributed by atoms with van der Waals surface area (Å²) < 4.78 is 1.22. The maximum atomic E-state index is 12.4. The predicted molar refractivity (Wildman–Crippen MR) is 79.9 cm³/mol. The van der Waals surface area contributed by atoms with Gasteiger partial charge >= 0.3 is 0 Å². The summed E-state index contributed by atoms with van der Waals surface area (Å²) in [7, 11) is 0. The average molecular weight is 279 g/mol. The highest BCUT2D eigenvalue weighted by atomic mass is 16.1. The van der Waals surface area contributed by atoms with Crippen molar-refractivity contribution >= 4 is 16.6 Å². The molecule has 2 heterocycles. The lowest BCUT2D eigenvalue weighted by Crippen LogP contribution is -2.26. The summed E-state index contributed by atoms with van der Waals surface area (Å²) in [5.74, 6) is -0.114. The number of ketones is 1. The molecule has 0 N–H and O–H groups in total. The lowest BCUT2D eigenvalue weighted by molar-refractivity contribution is -0.117. The number of hydrogen-bond donors (Lipinski definition) is 0. The number of carbonyl (C=O) groups excluding carboxylic acids is 1. The fraction of sp³-hybridized carbons (Fsp3) is 0.125. The van der Waals surface area contributed by atoms with Crippen LogP contribution in [0.15, 0.2) is 53.6 Å². The van der Waals surface area contributed by atoms with Gasteiger partial charge in [0.25, 0.3) is 5.56 Å². The zero-order valence-electron chi connectivity index (χ0n) is 11.5. The van der Waals surface area contributed by atoms with Gasteiger partial charge in [0.2, 0.25) is 0 Å². The summed E-state index contributed by atoms with van der Waals surface area (Å²) >= 11 is 0. The first-order chi connectivity index (χ1) is 10.2. The van der Waals surface area contributed by atoms with Crippen molar-refractivity contribution in [2.24, 2.45) is 0 Å². The Balaban J connectivity index is 2.35. The van der Waals surface area contributed by atoms with Gasteiger partial charge in [-0.05, 0) is 25.1 Å². The average Bonchev–Trinajstić information content (AvgIpc) is 2.51. The summed E-state index contributed by atoms with van der Waals surface area (Å²) in [4.78, 5) is 27.8. The SMILES string of the molecule is CC(=O)Cn1nc(-c2cccnc2)c2ccccc2c1=O. The van der Waals surface area contributed by atoms with E-state index < -0.39 is 0 Å². The zero-order chi connectivity index (χ0) is 14.8. The van der Waals surface area contributed by atoms with Gasteiger partial charge in [0.15, 0.2) is 5.78 Å². The van der Waals surface area contributed by atoms with Gasteiger partial charge in [-0.15, -0.1) is 0 Å². The second-order valence-corrected chi connectivity index (χ2v) is 4.80. The van der Waals surface area contributed by atoms with Gasteiger partial charge in [0.05, 0.1) is 5.39 Å². The molecule has 0 aliphatic rings. The van der Waals surface area contributed by atoms with E-state index >= 15 is 0 Å². The molecule has 5 heteroatoms. The van der Waals surface area contributed by atoms with Crippen molar-refractivity contribution < 1.29 is 4.79 Å². The lowest BCUT2D eigenvalue weighted by Gasteiger charge is -2.09. The topological polar surface area (TPSA) is 64.8 Å². The zero-order valence-corrected chi connectivity index (χ0v) is 11.5. The summed E-state index contributed by atoms with van der Waals surface area (Å²) in [5, 5.41) is 5.66. The third kappa shape index (κ3) is 2.45. The van der Waals surface area contributed by atoms with E-state index in [1.54, 1.807) is 24.5 Å². The molecule has 0 atom stereocenters. The number of Topliss-reactive ketones (excluding diaryl/α,β-unsaturated/α-hetero) is 1. The van der Waals surface area contributed by atoms with Crippen molar-refractivity contribution in [3.05, 3.63) is 59.1 Å². The molecular weight excluding hydrogens is 266 g/mol. The minimum Gasteiger partial charge on any atom is -0.298 e. The van der Waals surface area contributed by atoms with E-state index in [0.29, 0.717) is 11.1 Å². The van der Waals surface area contributed by atoms with Crippen LogP contribution in [-0.2, 0) is 11.3 Å². The fourth-order valence-electron chi connectivity index (χ4n) is 2.27. The van der Waals surface area contributed by atoms with Crippen LogP contribution in [0.3, 0.4) is 0 Å². The first-order valence-corrected chi connectivity index (χ1v) is 6.56. The number of carbonyl (C=O) groups is 1. The Morgan fingerprint density at radius 2 is 1.90 bits per heavy atom. The quantitative estimate of drug-likeness (QED) is 0.736. The first kappa shape index (κ1) is 13.2. The monoisotopic (exact) mass is 279 g/mol. The Hall–Kier alpha value is -2.82. The molecule has 0 aliphatic carbocycles. The summed E-state index contributed by atoms with van der Waals surface area (Å²) in [6.45, 7) is 1.41. The highest BCUT2D eigenvalue weighted by Gasteiger charge is 2.12. The molecule has 1 aromatic carbocycles. The minimum absolute atomic E-state index is 0.0308. The third-order valence-electron chi connectivity index (χ3n) is 3.18. The molecule has 3 aromatic rings. The van der Waals surface area contributed by atoms with Crippen LogP contribution < -0.4 is 5.56 Å². The first-order valence-electron chi connectivity index (χ1n) is 6.56. The molecule has 0 spiro atoms. The Morgan fingerprint density at radius 1 is 1.14 bits per heavy atom.